The van der Waals surface area contributed by atoms with Crippen molar-refractivity contribution in [1.82, 2.24) is 0 Å². The molecule has 48 heavy (non-hydrogen) atoms. The highest BCUT2D eigenvalue weighted by Gasteiger charge is 2.36. The fourth-order valence-corrected chi connectivity index (χ4v) is 5.10. The lowest BCUT2D eigenvalue weighted by atomic mass is 9.82. The summed E-state index contributed by atoms with van der Waals surface area (Å²) in [5, 5.41) is 0. The topological polar surface area (TPSA) is 124 Å². The Morgan fingerprint density at radius 1 is 0.583 bits per heavy atom. The highest BCUT2D eigenvalue weighted by atomic mass is 16.7. The van der Waals surface area contributed by atoms with Gasteiger partial charge in [-0.05, 0) is 95.1 Å². The van der Waals surface area contributed by atoms with E-state index in [-0.39, 0.29) is 20.0 Å². The summed E-state index contributed by atoms with van der Waals surface area (Å²) in [5.41, 5.74) is 4.06. The molecule has 1 aliphatic carbocycles. The molecule has 10 heteroatoms. The number of esters is 4. The molecule has 5 rings (SSSR count). The Morgan fingerprint density at radius 2 is 1.02 bits per heavy atom. The van der Waals surface area contributed by atoms with Crippen LogP contribution in [0.1, 0.15) is 45.7 Å². The van der Waals surface area contributed by atoms with Gasteiger partial charge in [0.25, 0.3) is 0 Å². The Morgan fingerprint density at radius 3 is 1.50 bits per heavy atom. The summed E-state index contributed by atoms with van der Waals surface area (Å²) in [4.78, 5) is 48.1. The van der Waals surface area contributed by atoms with E-state index < -0.39 is 29.3 Å². The van der Waals surface area contributed by atoms with E-state index in [0.717, 1.165) is 34.4 Å². The maximum atomic E-state index is 12.9. The summed E-state index contributed by atoms with van der Waals surface area (Å²) in [7, 11) is 0. The summed E-state index contributed by atoms with van der Waals surface area (Å²) < 4.78 is 31.9. The van der Waals surface area contributed by atoms with E-state index in [1.165, 1.54) is 0 Å². The minimum Gasteiger partial charge on any atom is -0.490 e. The van der Waals surface area contributed by atoms with Crippen molar-refractivity contribution in [2.24, 2.45) is 0 Å². The van der Waals surface area contributed by atoms with Crippen LogP contribution in [0.15, 0.2) is 110 Å². The number of carbonyl (C=O) groups excluding carboxylic acids is 4. The van der Waals surface area contributed by atoms with Crippen LogP contribution in [-0.2, 0) is 24.5 Å². The van der Waals surface area contributed by atoms with Crippen LogP contribution in [-0.4, -0.2) is 43.9 Å². The maximum absolute atomic E-state index is 12.9. The van der Waals surface area contributed by atoms with Gasteiger partial charge >= 0.3 is 23.9 Å². The van der Waals surface area contributed by atoms with E-state index in [0.29, 0.717) is 34.1 Å². The Labute approximate surface area is 277 Å². The quantitative estimate of drug-likeness (QED) is 0.0515. The normalized spacial score (nSPS) is 12.0. The molecule has 10 nitrogen and oxygen atoms in total. The van der Waals surface area contributed by atoms with Crippen LogP contribution in [0.25, 0.3) is 11.1 Å². The van der Waals surface area contributed by atoms with E-state index >= 15 is 0 Å². The fourth-order valence-electron chi connectivity index (χ4n) is 5.10. The van der Waals surface area contributed by atoms with Crippen LogP contribution in [0.2, 0.25) is 0 Å². The van der Waals surface area contributed by atoms with Crippen molar-refractivity contribution in [1.29, 1.82) is 0 Å². The molecule has 0 unspecified atom stereocenters. The number of hydrogen-bond donors (Lipinski definition) is 0. The molecule has 0 saturated carbocycles. The maximum Gasteiger partial charge on any atom is 0.343 e. The first-order valence-corrected chi connectivity index (χ1v) is 14.9. The number of carbonyl (C=O) groups is 4. The monoisotopic (exact) mass is 648 g/mol. The third-order valence-corrected chi connectivity index (χ3v) is 7.58. The van der Waals surface area contributed by atoms with Crippen molar-refractivity contribution < 1.29 is 47.6 Å². The predicted octanol–water partition coefficient (Wildman–Crippen LogP) is 6.60. The van der Waals surface area contributed by atoms with Gasteiger partial charge in [0.15, 0.2) is 0 Å². The van der Waals surface area contributed by atoms with Crippen molar-refractivity contribution in [3.8, 4) is 34.1 Å². The largest absolute Gasteiger partial charge is 0.490 e. The minimum absolute atomic E-state index is 0.0739. The molecule has 0 bridgehead atoms. The van der Waals surface area contributed by atoms with Gasteiger partial charge in [0.2, 0.25) is 6.79 Å². The molecule has 0 N–H and O–H groups in total. The van der Waals surface area contributed by atoms with Crippen molar-refractivity contribution >= 4 is 23.9 Å². The molecule has 0 amide bonds. The second-order valence-corrected chi connectivity index (χ2v) is 11.0. The van der Waals surface area contributed by atoms with Gasteiger partial charge in [0, 0.05) is 17.6 Å². The number of hydrogen-bond acceptors (Lipinski definition) is 10. The molecule has 0 spiro atoms. The van der Waals surface area contributed by atoms with Gasteiger partial charge in [0.1, 0.15) is 36.2 Å². The summed E-state index contributed by atoms with van der Waals surface area (Å²) >= 11 is 0. The zero-order chi connectivity index (χ0) is 34.3. The van der Waals surface area contributed by atoms with Crippen molar-refractivity contribution in [3.05, 3.63) is 132 Å². The van der Waals surface area contributed by atoms with Crippen LogP contribution < -0.4 is 18.9 Å². The van der Waals surface area contributed by atoms with Gasteiger partial charge in [-0.15, -0.1) is 0 Å². The second-order valence-electron chi connectivity index (χ2n) is 11.0. The van der Waals surface area contributed by atoms with Crippen LogP contribution >= 0.6 is 0 Å². The first kappa shape index (κ1) is 33.2. The molecule has 0 fully saturated rings. The highest BCUT2D eigenvalue weighted by molar-refractivity contribution is 5.92. The molecule has 244 valence electrons. The van der Waals surface area contributed by atoms with E-state index in [4.69, 9.17) is 28.4 Å². The number of benzene rings is 4. The lowest BCUT2D eigenvalue weighted by Gasteiger charge is -2.22. The summed E-state index contributed by atoms with van der Waals surface area (Å²) in [5.74, 6) is -0.507. The Bertz CT molecular complexity index is 1870. The van der Waals surface area contributed by atoms with Gasteiger partial charge in [-0.2, -0.15) is 0 Å². The van der Waals surface area contributed by atoms with E-state index in [9.17, 15) is 19.2 Å². The molecule has 0 radical (unpaired) electrons. The lowest BCUT2D eigenvalue weighted by molar-refractivity contribution is -0.144. The van der Waals surface area contributed by atoms with Crippen LogP contribution in [0.5, 0.6) is 23.0 Å². The second kappa shape index (κ2) is 14.5. The van der Waals surface area contributed by atoms with Crippen molar-refractivity contribution in [2.75, 3.05) is 20.0 Å². The number of rotatable bonds is 13. The molecule has 0 aliphatic heterocycles. The summed E-state index contributed by atoms with van der Waals surface area (Å²) in [6.45, 7) is 10.7. The first-order valence-electron chi connectivity index (χ1n) is 14.9. The zero-order valence-electron chi connectivity index (χ0n) is 26.4. The minimum atomic E-state index is -0.603. The standard InChI is InChI=1S/C38H32O10/c1-5-34(39)44-20-19-43-26-11-7-24(8-12-26)36(41)47-28-15-17-30-31-18-16-29(22-33(31)38(3,4)32(30)21-28)48-37(42)25-9-13-27(14-10-25)45-23-46-35(40)6-2/h5-18,21-22H,1-2,19-20,23H2,3-4H3. The number of fused-ring (bicyclic) bond motifs is 3. The third kappa shape index (κ3) is 7.61. The van der Waals surface area contributed by atoms with Gasteiger partial charge < -0.3 is 28.4 Å². The molecule has 0 atom stereocenters. The number of ether oxygens (including phenoxy) is 6. The van der Waals surface area contributed by atoms with Gasteiger partial charge in [-0.3, -0.25) is 0 Å². The van der Waals surface area contributed by atoms with E-state index in [1.807, 2.05) is 24.3 Å². The highest BCUT2D eigenvalue weighted by Crippen LogP contribution is 2.50. The zero-order valence-corrected chi connectivity index (χ0v) is 26.4. The van der Waals surface area contributed by atoms with E-state index in [2.05, 4.69) is 27.0 Å². The Hall–Kier alpha value is -6.16. The average molecular weight is 649 g/mol. The molecule has 4 aromatic carbocycles. The molecule has 0 saturated heterocycles. The average Bonchev–Trinajstić information content (AvgIpc) is 3.31. The smallest absolute Gasteiger partial charge is 0.343 e. The predicted molar refractivity (Wildman–Crippen MR) is 175 cm³/mol. The Balaban J connectivity index is 1.21. The molecular formula is C38H32O10. The van der Waals surface area contributed by atoms with Crippen LogP contribution in [0.3, 0.4) is 0 Å². The summed E-state index contributed by atoms with van der Waals surface area (Å²) in [6.07, 6.45) is 2.11. The molecular weight excluding hydrogens is 616 g/mol. The van der Waals surface area contributed by atoms with Crippen LogP contribution in [0.4, 0.5) is 0 Å². The first-order chi connectivity index (χ1) is 23.1. The van der Waals surface area contributed by atoms with Crippen LogP contribution in [0, 0.1) is 0 Å². The fraction of sp³-hybridized carbons (Fsp3) is 0.158. The lowest BCUT2D eigenvalue weighted by Crippen LogP contribution is -2.16. The molecule has 1 aliphatic rings. The van der Waals surface area contributed by atoms with Gasteiger partial charge in [-0.1, -0.05) is 39.1 Å². The SMILES string of the molecule is C=CC(=O)OCCOc1ccc(C(=O)Oc2ccc3c(c2)C(C)(C)c2cc(OC(=O)c4ccc(OCOC(=O)C=C)cc4)ccc2-3)cc1. The van der Waals surface area contributed by atoms with Crippen molar-refractivity contribution in [3.63, 3.8) is 0 Å². The third-order valence-electron chi connectivity index (χ3n) is 7.58. The summed E-state index contributed by atoms with van der Waals surface area (Å²) in [6, 6.07) is 23.7. The molecule has 0 heterocycles. The Kier molecular flexibility index (Phi) is 10.0. The van der Waals surface area contributed by atoms with Crippen molar-refractivity contribution in [2.45, 2.75) is 19.3 Å². The molecule has 0 aromatic heterocycles. The van der Waals surface area contributed by atoms with E-state index in [1.54, 1.807) is 60.7 Å². The van der Waals surface area contributed by atoms with Gasteiger partial charge in [0.05, 0.1) is 11.1 Å². The molecule has 4 aromatic rings. The van der Waals surface area contributed by atoms with Gasteiger partial charge in [-0.25, -0.2) is 19.2 Å².